The fraction of sp³-hybridized carbons (Fsp3) is 0.556. The highest BCUT2D eigenvalue weighted by Gasteiger charge is 2.27. The molecule has 126 valence electrons. The van der Waals surface area contributed by atoms with Crippen molar-refractivity contribution >= 4 is 11.8 Å². The normalized spacial score (nSPS) is 18.3. The van der Waals surface area contributed by atoms with Gasteiger partial charge < -0.3 is 16.0 Å². The summed E-state index contributed by atoms with van der Waals surface area (Å²) in [6, 6.07) is 8.97. The molecule has 2 unspecified atom stereocenters. The largest absolute Gasteiger partial charge is 0.352 e. The van der Waals surface area contributed by atoms with E-state index in [4.69, 9.17) is 5.73 Å². The summed E-state index contributed by atoms with van der Waals surface area (Å²) >= 11 is 0. The van der Waals surface area contributed by atoms with E-state index in [1.165, 1.54) is 0 Å². The van der Waals surface area contributed by atoms with E-state index in [1.54, 1.807) is 0 Å². The molecule has 2 atom stereocenters. The topological polar surface area (TPSA) is 75.4 Å². The zero-order valence-electron chi connectivity index (χ0n) is 14.0. The predicted octanol–water partition coefficient (Wildman–Crippen LogP) is 1.78. The Balaban J connectivity index is 1.82. The van der Waals surface area contributed by atoms with Gasteiger partial charge in [-0.25, -0.2) is 0 Å². The summed E-state index contributed by atoms with van der Waals surface area (Å²) in [5.41, 5.74) is 6.68. The van der Waals surface area contributed by atoms with Crippen molar-refractivity contribution in [1.29, 1.82) is 0 Å². The first kappa shape index (κ1) is 17.5. The SMILES string of the molecule is CCC(C)C(N)C(=O)NC1CCN(C(=O)c2ccccc2)CC1. The third-order valence-electron chi connectivity index (χ3n) is 4.71. The van der Waals surface area contributed by atoms with Gasteiger partial charge in [0.2, 0.25) is 5.91 Å². The summed E-state index contributed by atoms with van der Waals surface area (Å²) in [7, 11) is 0. The van der Waals surface area contributed by atoms with Crippen molar-refractivity contribution in [1.82, 2.24) is 10.2 Å². The Morgan fingerprint density at radius 2 is 1.87 bits per heavy atom. The molecule has 5 nitrogen and oxygen atoms in total. The Hall–Kier alpha value is -1.88. The molecular formula is C18H27N3O2. The van der Waals surface area contributed by atoms with Crippen LogP contribution < -0.4 is 11.1 Å². The van der Waals surface area contributed by atoms with Crippen molar-refractivity contribution in [2.45, 2.75) is 45.2 Å². The van der Waals surface area contributed by atoms with E-state index in [-0.39, 0.29) is 23.8 Å². The van der Waals surface area contributed by atoms with Crippen LogP contribution >= 0.6 is 0 Å². The zero-order chi connectivity index (χ0) is 16.8. The fourth-order valence-electron chi connectivity index (χ4n) is 2.80. The molecule has 1 saturated heterocycles. The molecule has 1 aromatic carbocycles. The highest BCUT2D eigenvalue weighted by Crippen LogP contribution is 2.15. The molecule has 0 bridgehead atoms. The average Bonchev–Trinajstić information content (AvgIpc) is 2.61. The minimum Gasteiger partial charge on any atom is -0.352 e. The van der Waals surface area contributed by atoms with Gasteiger partial charge in [0.15, 0.2) is 0 Å². The van der Waals surface area contributed by atoms with Crippen molar-refractivity contribution in [3.8, 4) is 0 Å². The standard InChI is InChI=1S/C18H27N3O2/c1-3-13(2)16(19)17(22)20-15-9-11-21(12-10-15)18(23)14-7-5-4-6-8-14/h4-8,13,15-16H,3,9-12,19H2,1-2H3,(H,20,22). The van der Waals surface area contributed by atoms with Crippen LogP contribution in [0.2, 0.25) is 0 Å². The van der Waals surface area contributed by atoms with Crippen LogP contribution in [0.4, 0.5) is 0 Å². The van der Waals surface area contributed by atoms with E-state index >= 15 is 0 Å². The number of rotatable bonds is 5. The summed E-state index contributed by atoms with van der Waals surface area (Å²) in [5.74, 6) is 0.161. The summed E-state index contributed by atoms with van der Waals surface area (Å²) in [6.45, 7) is 5.35. The molecule has 0 radical (unpaired) electrons. The molecule has 1 heterocycles. The van der Waals surface area contributed by atoms with Crippen LogP contribution in [0, 0.1) is 5.92 Å². The molecule has 23 heavy (non-hydrogen) atoms. The third kappa shape index (κ3) is 4.55. The fourth-order valence-corrected chi connectivity index (χ4v) is 2.80. The Kier molecular flexibility index (Phi) is 6.16. The molecule has 5 heteroatoms. The lowest BCUT2D eigenvalue weighted by atomic mass is 9.98. The minimum absolute atomic E-state index is 0.0617. The smallest absolute Gasteiger partial charge is 0.253 e. The van der Waals surface area contributed by atoms with Crippen LogP contribution in [0.25, 0.3) is 0 Å². The van der Waals surface area contributed by atoms with Crippen molar-refractivity contribution in [3.05, 3.63) is 35.9 Å². The highest BCUT2D eigenvalue weighted by molar-refractivity contribution is 5.94. The number of likely N-dealkylation sites (tertiary alicyclic amines) is 1. The Labute approximate surface area is 138 Å². The maximum Gasteiger partial charge on any atom is 0.253 e. The van der Waals surface area contributed by atoms with E-state index in [1.807, 2.05) is 49.1 Å². The minimum atomic E-state index is -0.455. The van der Waals surface area contributed by atoms with E-state index < -0.39 is 6.04 Å². The second kappa shape index (κ2) is 8.11. The average molecular weight is 317 g/mol. The van der Waals surface area contributed by atoms with Gasteiger partial charge in [0.05, 0.1) is 6.04 Å². The first-order valence-corrected chi connectivity index (χ1v) is 8.43. The van der Waals surface area contributed by atoms with Gasteiger partial charge in [0.25, 0.3) is 5.91 Å². The van der Waals surface area contributed by atoms with Gasteiger partial charge in [0, 0.05) is 24.7 Å². The molecule has 1 aromatic rings. The van der Waals surface area contributed by atoms with Crippen LogP contribution in [-0.4, -0.2) is 41.9 Å². The van der Waals surface area contributed by atoms with E-state index in [9.17, 15) is 9.59 Å². The lowest BCUT2D eigenvalue weighted by Crippen LogP contribution is -2.52. The second-order valence-electron chi connectivity index (χ2n) is 6.35. The zero-order valence-corrected chi connectivity index (χ0v) is 14.0. The number of nitrogens with zero attached hydrogens (tertiary/aromatic N) is 1. The van der Waals surface area contributed by atoms with Crippen LogP contribution in [0.3, 0.4) is 0 Å². The van der Waals surface area contributed by atoms with Crippen LogP contribution in [0.5, 0.6) is 0 Å². The van der Waals surface area contributed by atoms with Gasteiger partial charge >= 0.3 is 0 Å². The molecule has 1 aliphatic rings. The van der Waals surface area contributed by atoms with Gasteiger partial charge in [-0.3, -0.25) is 9.59 Å². The molecule has 2 amide bonds. The quantitative estimate of drug-likeness (QED) is 0.869. The lowest BCUT2D eigenvalue weighted by molar-refractivity contribution is -0.124. The lowest BCUT2D eigenvalue weighted by Gasteiger charge is -2.33. The third-order valence-corrected chi connectivity index (χ3v) is 4.71. The van der Waals surface area contributed by atoms with Gasteiger partial charge in [-0.2, -0.15) is 0 Å². The van der Waals surface area contributed by atoms with Gasteiger partial charge in [-0.1, -0.05) is 38.5 Å². The van der Waals surface area contributed by atoms with E-state index in [0.717, 1.165) is 19.3 Å². The molecule has 1 aliphatic heterocycles. The molecule has 2 rings (SSSR count). The molecule has 0 saturated carbocycles. The van der Waals surface area contributed by atoms with Crippen LogP contribution in [-0.2, 0) is 4.79 Å². The number of nitrogens with two attached hydrogens (primary N) is 1. The first-order valence-electron chi connectivity index (χ1n) is 8.43. The van der Waals surface area contributed by atoms with E-state index in [2.05, 4.69) is 5.32 Å². The van der Waals surface area contributed by atoms with Gasteiger partial charge in [-0.05, 0) is 30.9 Å². The van der Waals surface area contributed by atoms with Crippen LogP contribution in [0.1, 0.15) is 43.5 Å². The first-order chi connectivity index (χ1) is 11.0. The Morgan fingerprint density at radius 3 is 2.43 bits per heavy atom. The number of amides is 2. The van der Waals surface area contributed by atoms with Crippen molar-refractivity contribution in [3.63, 3.8) is 0 Å². The monoisotopic (exact) mass is 317 g/mol. The number of nitrogens with one attached hydrogen (secondary N) is 1. The summed E-state index contributed by atoms with van der Waals surface area (Å²) in [5, 5.41) is 3.03. The van der Waals surface area contributed by atoms with Crippen molar-refractivity contribution in [2.75, 3.05) is 13.1 Å². The summed E-state index contributed by atoms with van der Waals surface area (Å²) < 4.78 is 0. The highest BCUT2D eigenvalue weighted by atomic mass is 16.2. The summed E-state index contributed by atoms with van der Waals surface area (Å²) in [6.07, 6.45) is 2.44. The maximum atomic E-state index is 12.4. The molecule has 3 N–H and O–H groups in total. The Bertz CT molecular complexity index is 524. The number of piperidine rings is 1. The summed E-state index contributed by atoms with van der Waals surface area (Å²) in [4.78, 5) is 26.4. The number of hydrogen-bond acceptors (Lipinski definition) is 3. The number of hydrogen-bond donors (Lipinski definition) is 2. The molecule has 0 spiro atoms. The van der Waals surface area contributed by atoms with Crippen LogP contribution in [0.15, 0.2) is 30.3 Å². The van der Waals surface area contributed by atoms with Gasteiger partial charge in [0.1, 0.15) is 0 Å². The maximum absolute atomic E-state index is 12.4. The molecule has 0 aromatic heterocycles. The van der Waals surface area contributed by atoms with Crippen molar-refractivity contribution in [2.24, 2.45) is 11.7 Å². The second-order valence-corrected chi connectivity index (χ2v) is 6.35. The number of carbonyl (C=O) groups is 2. The number of carbonyl (C=O) groups excluding carboxylic acids is 2. The molecule has 1 fully saturated rings. The van der Waals surface area contributed by atoms with Gasteiger partial charge in [-0.15, -0.1) is 0 Å². The van der Waals surface area contributed by atoms with Crippen molar-refractivity contribution < 1.29 is 9.59 Å². The number of benzene rings is 1. The molecule has 0 aliphatic carbocycles. The predicted molar refractivity (Wildman–Crippen MR) is 90.9 cm³/mol. The Morgan fingerprint density at radius 1 is 1.26 bits per heavy atom. The van der Waals surface area contributed by atoms with E-state index in [0.29, 0.717) is 18.7 Å². The molecular weight excluding hydrogens is 290 g/mol.